The van der Waals surface area contributed by atoms with Gasteiger partial charge in [0, 0.05) is 13.1 Å². The number of nitrogens with zero attached hydrogens (tertiary/aromatic N) is 1. The Labute approximate surface area is 178 Å². The Kier molecular flexibility index (Phi) is 7.86. The van der Waals surface area contributed by atoms with E-state index in [1.807, 2.05) is 6.92 Å². The number of aryl methyl sites for hydroxylation is 1. The lowest BCUT2D eigenvalue weighted by Gasteiger charge is -2.17. The molecule has 0 radical (unpaired) electrons. The smallest absolute Gasteiger partial charge is 0.276 e. The first-order valence-electron chi connectivity index (χ1n) is 8.28. The van der Waals surface area contributed by atoms with Crippen LogP contribution in [0.1, 0.15) is 5.56 Å². The van der Waals surface area contributed by atoms with E-state index in [-0.39, 0.29) is 9.92 Å². The Hall–Kier alpha value is -2.33. The molecule has 2 N–H and O–H groups in total. The van der Waals surface area contributed by atoms with Crippen LogP contribution < -0.4 is 15.6 Å². The van der Waals surface area contributed by atoms with Crippen LogP contribution in [0.5, 0.6) is 5.75 Å². The number of benzene rings is 2. The number of halogens is 2. The molecule has 0 unspecified atom stereocenters. The van der Waals surface area contributed by atoms with Crippen molar-refractivity contribution in [3.63, 3.8) is 0 Å². The molecule has 0 aliphatic carbocycles. The van der Waals surface area contributed by atoms with Crippen molar-refractivity contribution in [3.8, 4) is 5.75 Å². The summed E-state index contributed by atoms with van der Waals surface area (Å²) < 4.78 is 31.0. The number of ether oxygens (including phenoxy) is 1. The first-order chi connectivity index (χ1) is 13.6. The van der Waals surface area contributed by atoms with Crippen molar-refractivity contribution in [1.82, 2.24) is 15.2 Å². The van der Waals surface area contributed by atoms with Gasteiger partial charge in [-0.25, -0.2) is 8.42 Å². The number of carbonyl (C=O) groups excluding carboxylic acids is 2. The zero-order valence-electron chi connectivity index (χ0n) is 15.6. The summed E-state index contributed by atoms with van der Waals surface area (Å²) in [6, 6.07) is 10.7. The maximum Gasteiger partial charge on any atom is 0.276 e. The van der Waals surface area contributed by atoms with Crippen LogP contribution in [0.2, 0.25) is 10.0 Å². The van der Waals surface area contributed by atoms with Crippen molar-refractivity contribution >= 4 is 45.0 Å². The summed E-state index contributed by atoms with van der Waals surface area (Å²) in [5, 5.41) is 0.621. The lowest BCUT2D eigenvalue weighted by Crippen LogP contribution is -2.48. The quantitative estimate of drug-likeness (QED) is 0.617. The van der Waals surface area contributed by atoms with Crippen LogP contribution in [0.15, 0.2) is 47.4 Å². The van der Waals surface area contributed by atoms with E-state index >= 15 is 0 Å². The molecular weight excluding hydrogens is 441 g/mol. The van der Waals surface area contributed by atoms with E-state index in [4.69, 9.17) is 27.9 Å². The van der Waals surface area contributed by atoms with Crippen molar-refractivity contribution in [2.75, 3.05) is 20.2 Å². The van der Waals surface area contributed by atoms with E-state index in [1.165, 1.54) is 37.4 Å². The Morgan fingerprint density at radius 2 is 1.62 bits per heavy atom. The van der Waals surface area contributed by atoms with Crippen LogP contribution in [0, 0.1) is 6.92 Å². The van der Waals surface area contributed by atoms with E-state index in [2.05, 4.69) is 10.9 Å². The van der Waals surface area contributed by atoms with E-state index in [1.54, 1.807) is 12.1 Å². The summed E-state index contributed by atoms with van der Waals surface area (Å²) in [6.45, 7) is 0.960. The zero-order valence-corrected chi connectivity index (χ0v) is 17.9. The van der Waals surface area contributed by atoms with Crippen molar-refractivity contribution in [1.29, 1.82) is 0 Å². The molecule has 0 atom stereocenters. The summed E-state index contributed by atoms with van der Waals surface area (Å²) in [4.78, 5) is 23.8. The van der Waals surface area contributed by atoms with Gasteiger partial charge in [-0.3, -0.25) is 20.4 Å². The molecule has 29 heavy (non-hydrogen) atoms. The summed E-state index contributed by atoms with van der Waals surface area (Å²) in [5.74, 6) is -1.04. The molecule has 2 amide bonds. The average molecular weight is 460 g/mol. The Balaban J connectivity index is 1.81. The van der Waals surface area contributed by atoms with Crippen LogP contribution >= 0.6 is 23.2 Å². The first-order valence-corrected chi connectivity index (χ1v) is 10.5. The van der Waals surface area contributed by atoms with E-state index in [0.29, 0.717) is 10.8 Å². The highest BCUT2D eigenvalue weighted by Crippen LogP contribution is 2.26. The maximum absolute atomic E-state index is 12.4. The first kappa shape index (κ1) is 23.0. The van der Waals surface area contributed by atoms with Gasteiger partial charge >= 0.3 is 0 Å². The number of carbonyl (C=O) groups is 2. The van der Waals surface area contributed by atoms with Crippen LogP contribution in [-0.2, 0) is 19.6 Å². The minimum atomic E-state index is -3.83. The number of hydrogen-bond acceptors (Lipinski definition) is 5. The molecule has 0 saturated carbocycles. The van der Waals surface area contributed by atoms with Crippen LogP contribution in [0.4, 0.5) is 0 Å². The number of hydrogen-bond donors (Lipinski definition) is 2. The molecule has 8 nitrogen and oxygen atoms in total. The van der Waals surface area contributed by atoms with Crippen LogP contribution in [0.3, 0.4) is 0 Å². The van der Waals surface area contributed by atoms with E-state index in [0.717, 1.165) is 9.87 Å². The third-order valence-corrected chi connectivity index (χ3v) is 6.25. The molecular formula is C18H19Cl2N3O5S. The van der Waals surface area contributed by atoms with Gasteiger partial charge in [-0.05, 0) is 31.2 Å². The van der Waals surface area contributed by atoms with Gasteiger partial charge in [0.2, 0.25) is 10.0 Å². The Morgan fingerprint density at radius 1 is 1.00 bits per heavy atom. The SMILES string of the molecule is Cc1ccc(S(=O)(=O)N(C)CC(=O)NNC(=O)COc2ccc(Cl)c(Cl)c2)cc1. The highest BCUT2D eigenvalue weighted by Gasteiger charge is 2.23. The topological polar surface area (TPSA) is 105 Å². The fourth-order valence-electron chi connectivity index (χ4n) is 2.11. The average Bonchev–Trinajstić information content (AvgIpc) is 2.67. The number of hydrazine groups is 1. The molecule has 0 saturated heterocycles. The molecule has 0 aliphatic rings. The normalized spacial score (nSPS) is 11.2. The molecule has 0 aromatic heterocycles. The Bertz CT molecular complexity index is 997. The number of nitrogens with one attached hydrogen (secondary N) is 2. The third kappa shape index (κ3) is 6.60. The van der Waals surface area contributed by atoms with E-state index in [9.17, 15) is 18.0 Å². The summed E-state index contributed by atoms with van der Waals surface area (Å²) in [6.07, 6.45) is 0. The molecule has 156 valence electrons. The van der Waals surface area contributed by atoms with Crippen molar-refractivity contribution in [2.24, 2.45) is 0 Å². The van der Waals surface area contributed by atoms with Gasteiger partial charge in [0.05, 0.1) is 21.5 Å². The molecule has 0 heterocycles. The molecule has 11 heteroatoms. The van der Waals surface area contributed by atoms with Gasteiger partial charge in [-0.2, -0.15) is 4.31 Å². The molecule has 2 rings (SSSR count). The van der Waals surface area contributed by atoms with Crippen LogP contribution in [0.25, 0.3) is 0 Å². The van der Waals surface area contributed by atoms with Gasteiger partial charge in [0.25, 0.3) is 11.8 Å². The largest absolute Gasteiger partial charge is 0.484 e. The summed E-state index contributed by atoms with van der Waals surface area (Å²) in [7, 11) is -2.56. The highest BCUT2D eigenvalue weighted by atomic mass is 35.5. The minimum absolute atomic E-state index is 0.0671. The number of rotatable bonds is 7. The standard InChI is InChI=1S/C18H19Cl2N3O5S/c1-12-3-6-14(7-4-12)29(26,27)23(2)10-17(24)21-22-18(25)11-28-13-5-8-15(19)16(20)9-13/h3-9H,10-11H2,1-2H3,(H,21,24)(H,22,25). The van der Waals surface area contributed by atoms with Crippen LogP contribution in [-0.4, -0.2) is 44.7 Å². The van der Waals surface area contributed by atoms with Gasteiger partial charge < -0.3 is 4.74 Å². The van der Waals surface area contributed by atoms with E-state index < -0.39 is 35.0 Å². The second-order valence-electron chi connectivity index (χ2n) is 6.04. The number of sulfonamides is 1. The number of likely N-dealkylation sites (N-methyl/N-ethyl adjacent to an activating group) is 1. The van der Waals surface area contributed by atoms with Gasteiger partial charge in [-0.1, -0.05) is 40.9 Å². The number of amides is 2. The molecule has 0 bridgehead atoms. The predicted molar refractivity (Wildman–Crippen MR) is 109 cm³/mol. The Morgan fingerprint density at radius 3 is 2.24 bits per heavy atom. The molecule has 0 fully saturated rings. The van der Waals surface area contributed by atoms with Gasteiger partial charge in [-0.15, -0.1) is 0 Å². The van der Waals surface area contributed by atoms with Gasteiger partial charge in [0.1, 0.15) is 5.75 Å². The minimum Gasteiger partial charge on any atom is -0.484 e. The second-order valence-corrected chi connectivity index (χ2v) is 8.89. The third-order valence-electron chi connectivity index (χ3n) is 3.70. The lowest BCUT2D eigenvalue weighted by atomic mass is 10.2. The molecule has 2 aromatic carbocycles. The van der Waals surface area contributed by atoms with Crippen molar-refractivity contribution in [3.05, 3.63) is 58.1 Å². The lowest BCUT2D eigenvalue weighted by molar-refractivity contribution is -0.130. The molecule has 2 aromatic rings. The molecule has 0 aliphatic heterocycles. The van der Waals surface area contributed by atoms with Crippen molar-refractivity contribution in [2.45, 2.75) is 11.8 Å². The maximum atomic E-state index is 12.4. The zero-order chi connectivity index (χ0) is 21.6. The highest BCUT2D eigenvalue weighted by molar-refractivity contribution is 7.89. The van der Waals surface area contributed by atoms with Crippen molar-refractivity contribution < 1.29 is 22.7 Å². The fourth-order valence-corrected chi connectivity index (χ4v) is 3.52. The van der Waals surface area contributed by atoms with Gasteiger partial charge in [0.15, 0.2) is 6.61 Å². The predicted octanol–water partition coefficient (Wildman–Crippen LogP) is 2.15. The summed E-state index contributed by atoms with van der Waals surface area (Å²) >= 11 is 11.6. The fraction of sp³-hybridized carbons (Fsp3) is 0.222. The summed E-state index contributed by atoms with van der Waals surface area (Å²) in [5.41, 5.74) is 5.18. The molecule has 0 spiro atoms. The monoisotopic (exact) mass is 459 g/mol. The second kappa shape index (κ2) is 9.93.